The van der Waals surface area contributed by atoms with Crippen molar-refractivity contribution in [2.24, 2.45) is 5.92 Å². The van der Waals surface area contributed by atoms with Crippen molar-refractivity contribution in [2.45, 2.75) is 85.0 Å². The van der Waals surface area contributed by atoms with Crippen LogP contribution >= 0.6 is 0 Å². The Morgan fingerprint density at radius 1 is 0.789 bits per heavy atom. The molecule has 3 aromatic carbocycles. The lowest BCUT2D eigenvalue weighted by Gasteiger charge is -2.10. The largest absolute Gasteiger partial charge is 0.491 e. The molecule has 3 rings (SSSR count). The topological polar surface area (TPSA) is 52.6 Å². The number of fused-ring (bicyclic) bond motifs is 1. The van der Waals surface area contributed by atoms with E-state index in [-0.39, 0.29) is 17.1 Å². The number of hydrogen-bond acceptors (Lipinski definition) is 4. The summed E-state index contributed by atoms with van der Waals surface area (Å²) in [7, 11) is 0. The van der Waals surface area contributed by atoms with Crippen molar-refractivity contribution >= 4 is 22.5 Å². The number of carbonyl (C=O) groups excluding carboxylic acids is 2. The van der Waals surface area contributed by atoms with Gasteiger partial charge in [0, 0.05) is 12.0 Å². The number of Topliss-reactive ketones (excluding diaryl/α,β-unsaturated/α-hetero) is 1. The summed E-state index contributed by atoms with van der Waals surface area (Å²) in [5.41, 5.74) is 0.802. The van der Waals surface area contributed by atoms with Gasteiger partial charge in [-0.1, -0.05) is 83.9 Å². The number of esters is 1. The van der Waals surface area contributed by atoms with E-state index in [1.165, 1.54) is 50.7 Å². The molecule has 0 saturated carbocycles. The fourth-order valence-corrected chi connectivity index (χ4v) is 4.35. The van der Waals surface area contributed by atoms with E-state index < -0.39 is 11.8 Å². The SMILES string of the molecule is CCCCCCCCCCOc1ccc(C(=O)Oc2ccc3cc(C(=O)CCC(C)C)ccc3c2)cc1F. The molecule has 0 aliphatic carbocycles. The van der Waals surface area contributed by atoms with Crippen LogP contribution in [0.1, 0.15) is 106 Å². The minimum absolute atomic E-state index is 0.119. The Balaban J connectivity index is 1.50. The minimum atomic E-state index is -0.640. The smallest absolute Gasteiger partial charge is 0.343 e. The maximum absolute atomic E-state index is 14.5. The number of ether oxygens (including phenoxy) is 2. The molecule has 38 heavy (non-hydrogen) atoms. The lowest BCUT2D eigenvalue weighted by atomic mass is 9.99. The third kappa shape index (κ3) is 9.27. The molecule has 0 spiro atoms. The highest BCUT2D eigenvalue weighted by molar-refractivity contribution is 6.00. The highest BCUT2D eigenvalue weighted by atomic mass is 19.1. The van der Waals surface area contributed by atoms with E-state index in [1.807, 2.05) is 18.2 Å². The minimum Gasteiger partial charge on any atom is -0.491 e. The van der Waals surface area contributed by atoms with Crippen LogP contribution in [0.2, 0.25) is 0 Å². The maximum Gasteiger partial charge on any atom is 0.343 e. The Bertz CT molecular complexity index is 1200. The van der Waals surface area contributed by atoms with E-state index in [9.17, 15) is 14.0 Å². The fraction of sp³-hybridized carbons (Fsp3) is 0.455. The van der Waals surface area contributed by atoms with Crippen LogP contribution in [0, 0.1) is 11.7 Å². The van der Waals surface area contributed by atoms with Crippen LogP contribution in [0.3, 0.4) is 0 Å². The number of unbranched alkanes of at least 4 members (excludes halogenated alkanes) is 7. The summed E-state index contributed by atoms with van der Waals surface area (Å²) in [5.74, 6) is -0.103. The summed E-state index contributed by atoms with van der Waals surface area (Å²) < 4.78 is 25.6. The van der Waals surface area contributed by atoms with Crippen LogP contribution in [-0.4, -0.2) is 18.4 Å². The Labute approximate surface area is 226 Å². The van der Waals surface area contributed by atoms with E-state index in [2.05, 4.69) is 20.8 Å². The van der Waals surface area contributed by atoms with Crippen LogP contribution < -0.4 is 9.47 Å². The molecule has 0 atom stereocenters. The van der Waals surface area contributed by atoms with Crippen molar-refractivity contribution in [2.75, 3.05) is 6.61 Å². The molecule has 0 N–H and O–H groups in total. The van der Waals surface area contributed by atoms with Gasteiger partial charge in [-0.2, -0.15) is 0 Å². The molecule has 0 saturated heterocycles. The lowest BCUT2D eigenvalue weighted by Crippen LogP contribution is -2.09. The van der Waals surface area contributed by atoms with Gasteiger partial charge in [0.15, 0.2) is 17.3 Å². The van der Waals surface area contributed by atoms with Gasteiger partial charge in [0.2, 0.25) is 0 Å². The van der Waals surface area contributed by atoms with Crippen molar-refractivity contribution in [3.05, 3.63) is 71.5 Å². The average molecular weight is 521 g/mol. The van der Waals surface area contributed by atoms with Gasteiger partial charge in [0.05, 0.1) is 12.2 Å². The summed E-state index contributed by atoms with van der Waals surface area (Å²) in [4.78, 5) is 25.1. The third-order valence-corrected chi connectivity index (χ3v) is 6.72. The Kier molecular flexibility index (Phi) is 11.8. The van der Waals surface area contributed by atoms with Crippen LogP contribution in [0.15, 0.2) is 54.6 Å². The molecule has 5 heteroatoms. The summed E-state index contributed by atoms with van der Waals surface area (Å²) in [6.45, 7) is 6.88. The van der Waals surface area contributed by atoms with Crippen molar-refractivity contribution < 1.29 is 23.5 Å². The van der Waals surface area contributed by atoms with E-state index >= 15 is 0 Å². The van der Waals surface area contributed by atoms with Crippen LogP contribution in [-0.2, 0) is 0 Å². The standard InChI is InChI=1S/C33H41FO4/c1-4-5-6-7-8-9-10-11-20-37-32-19-16-28(23-30(32)34)33(36)38-29-17-15-25-21-27(14-13-26(25)22-29)31(35)18-12-24(2)3/h13-17,19,21-24H,4-12,18,20H2,1-3H3. The second-order valence-electron chi connectivity index (χ2n) is 10.4. The van der Waals surface area contributed by atoms with E-state index in [1.54, 1.807) is 18.2 Å². The molecule has 0 bridgehead atoms. The van der Waals surface area contributed by atoms with Crippen molar-refractivity contribution in [3.8, 4) is 11.5 Å². The predicted molar refractivity (Wildman–Crippen MR) is 152 cm³/mol. The molecular weight excluding hydrogens is 479 g/mol. The molecular formula is C33H41FO4. The quantitative estimate of drug-likeness (QED) is 0.0817. The molecule has 0 aliphatic rings. The second kappa shape index (κ2) is 15.3. The van der Waals surface area contributed by atoms with Gasteiger partial charge in [0.25, 0.3) is 0 Å². The molecule has 0 aliphatic heterocycles. The number of halogens is 1. The molecule has 0 unspecified atom stereocenters. The van der Waals surface area contributed by atoms with Crippen molar-refractivity contribution in [1.82, 2.24) is 0 Å². The van der Waals surface area contributed by atoms with Crippen molar-refractivity contribution in [3.63, 3.8) is 0 Å². The summed E-state index contributed by atoms with van der Waals surface area (Å²) in [6.07, 6.45) is 10.9. The monoisotopic (exact) mass is 520 g/mol. The highest BCUT2D eigenvalue weighted by Gasteiger charge is 2.14. The van der Waals surface area contributed by atoms with Crippen molar-refractivity contribution in [1.29, 1.82) is 0 Å². The molecule has 0 radical (unpaired) electrons. The summed E-state index contributed by atoms with van der Waals surface area (Å²) in [6, 6.07) is 14.9. The zero-order chi connectivity index (χ0) is 27.3. The van der Waals surface area contributed by atoms with Gasteiger partial charge in [-0.25, -0.2) is 9.18 Å². The Morgan fingerprint density at radius 3 is 2.16 bits per heavy atom. The van der Waals surface area contributed by atoms with E-state index in [0.29, 0.717) is 30.3 Å². The molecule has 204 valence electrons. The van der Waals surface area contributed by atoms with Gasteiger partial charge < -0.3 is 9.47 Å². The molecule has 3 aromatic rings. The molecule has 0 amide bonds. The zero-order valence-electron chi connectivity index (χ0n) is 23.1. The van der Waals surface area contributed by atoms with Gasteiger partial charge in [-0.05, 0) is 65.9 Å². The fourth-order valence-electron chi connectivity index (χ4n) is 4.35. The number of carbonyl (C=O) groups is 2. The first-order valence-corrected chi connectivity index (χ1v) is 14.1. The Hall–Kier alpha value is -3.21. The van der Waals surface area contributed by atoms with E-state index in [0.717, 1.165) is 36.1 Å². The molecule has 0 heterocycles. The van der Waals surface area contributed by atoms with Crippen LogP contribution in [0.4, 0.5) is 4.39 Å². The Morgan fingerprint density at radius 2 is 1.45 bits per heavy atom. The maximum atomic E-state index is 14.5. The first-order valence-electron chi connectivity index (χ1n) is 14.1. The van der Waals surface area contributed by atoms with E-state index in [4.69, 9.17) is 9.47 Å². The van der Waals surface area contributed by atoms with Gasteiger partial charge in [0.1, 0.15) is 5.75 Å². The first kappa shape index (κ1) is 29.3. The van der Waals surface area contributed by atoms with Crippen LogP contribution in [0.5, 0.6) is 11.5 Å². The third-order valence-electron chi connectivity index (χ3n) is 6.72. The van der Waals surface area contributed by atoms with Gasteiger partial charge in [-0.3, -0.25) is 4.79 Å². The number of ketones is 1. The number of benzene rings is 3. The van der Waals surface area contributed by atoms with Gasteiger partial charge in [-0.15, -0.1) is 0 Å². The molecule has 4 nitrogen and oxygen atoms in total. The summed E-state index contributed by atoms with van der Waals surface area (Å²) >= 11 is 0. The normalized spacial score (nSPS) is 11.2. The lowest BCUT2D eigenvalue weighted by molar-refractivity contribution is 0.0734. The second-order valence-corrected chi connectivity index (χ2v) is 10.4. The number of hydrogen-bond donors (Lipinski definition) is 0. The average Bonchev–Trinajstić information content (AvgIpc) is 2.91. The van der Waals surface area contributed by atoms with Crippen LogP contribution in [0.25, 0.3) is 10.8 Å². The zero-order valence-corrected chi connectivity index (χ0v) is 23.1. The molecule has 0 fully saturated rings. The van der Waals surface area contributed by atoms with Gasteiger partial charge >= 0.3 is 5.97 Å². The predicted octanol–water partition coefficient (Wildman–Crippen LogP) is 9.34. The molecule has 0 aromatic heterocycles. The first-order chi connectivity index (χ1) is 18.4. The highest BCUT2D eigenvalue weighted by Crippen LogP contribution is 2.25. The summed E-state index contributed by atoms with van der Waals surface area (Å²) in [5, 5.41) is 1.75. The number of rotatable bonds is 16.